The van der Waals surface area contributed by atoms with Crippen LogP contribution in [0.1, 0.15) is 29.3 Å². The fourth-order valence-electron chi connectivity index (χ4n) is 3.25. The van der Waals surface area contributed by atoms with Gasteiger partial charge in [0.2, 0.25) is 0 Å². The highest BCUT2D eigenvalue weighted by Gasteiger charge is 2.32. The molecule has 26 heavy (non-hydrogen) atoms. The van der Waals surface area contributed by atoms with E-state index in [9.17, 15) is 14.7 Å². The van der Waals surface area contributed by atoms with Crippen molar-refractivity contribution in [2.24, 2.45) is 11.8 Å². The van der Waals surface area contributed by atoms with Crippen LogP contribution >= 0.6 is 0 Å². The molecule has 0 spiro atoms. The van der Waals surface area contributed by atoms with E-state index < -0.39 is 11.9 Å². The van der Waals surface area contributed by atoms with Crippen molar-refractivity contribution in [1.29, 1.82) is 0 Å². The maximum Gasteiger partial charge on any atom is 0.308 e. The number of amides is 1. The summed E-state index contributed by atoms with van der Waals surface area (Å²) in [5.74, 6) is -0.747. The summed E-state index contributed by atoms with van der Waals surface area (Å²) in [6.07, 6.45) is 4.04. The largest absolute Gasteiger partial charge is 0.489 e. The highest BCUT2D eigenvalue weighted by atomic mass is 16.5. The van der Waals surface area contributed by atoms with Crippen molar-refractivity contribution in [3.63, 3.8) is 0 Å². The Labute approximate surface area is 152 Å². The molecule has 1 aliphatic rings. The summed E-state index contributed by atoms with van der Waals surface area (Å²) in [5, 5.41) is 9.29. The molecule has 6 nitrogen and oxygen atoms in total. The fourth-order valence-corrected chi connectivity index (χ4v) is 3.25. The van der Waals surface area contributed by atoms with Crippen LogP contribution < -0.4 is 4.74 Å². The smallest absolute Gasteiger partial charge is 0.308 e. The highest BCUT2D eigenvalue weighted by molar-refractivity contribution is 5.95. The summed E-state index contributed by atoms with van der Waals surface area (Å²) in [7, 11) is 0. The number of likely N-dealkylation sites (tertiary alicyclic amines) is 1. The average molecular weight is 354 g/mol. The monoisotopic (exact) mass is 354 g/mol. The lowest BCUT2D eigenvalue weighted by molar-refractivity contribution is -0.143. The van der Waals surface area contributed by atoms with Crippen LogP contribution in [-0.2, 0) is 11.4 Å². The lowest BCUT2D eigenvalue weighted by Crippen LogP contribution is -2.45. The number of aliphatic carboxylic acids is 1. The van der Waals surface area contributed by atoms with Gasteiger partial charge in [-0.2, -0.15) is 0 Å². The van der Waals surface area contributed by atoms with Gasteiger partial charge in [-0.3, -0.25) is 14.6 Å². The molecule has 136 valence electrons. The van der Waals surface area contributed by atoms with Crippen LogP contribution in [0.15, 0.2) is 48.8 Å². The molecule has 1 N–H and O–H groups in total. The predicted molar refractivity (Wildman–Crippen MR) is 95.8 cm³/mol. The summed E-state index contributed by atoms with van der Waals surface area (Å²) in [6.45, 7) is 3.17. The van der Waals surface area contributed by atoms with Crippen LogP contribution in [0.3, 0.4) is 0 Å². The van der Waals surface area contributed by atoms with Gasteiger partial charge in [-0.05, 0) is 36.6 Å². The van der Waals surface area contributed by atoms with E-state index in [0.29, 0.717) is 30.9 Å². The summed E-state index contributed by atoms with van der Waals surface area (Å²) in [5.41, 5.74) is 1.45. The summed E-state index contributed by atoms with van der Waals surface area (Å²) < 4.78 is 5.75. The Bertz CT molecular complexity index is 778. The second-order valence-corrected chi connectivity index (χ2v) is 6.76. The molecule has 2 atom stereocenters. The molecule has 1 aliphatic heterocycles. The van der Waals surface area contributed by atoms with Crippen molar-refractivity contribution in [3.05, 3.63) is 59.9 Å². The number of carboxylic acid groups (broad SMARTS) is 1. The van der Waals surface area contributed by atoms with E-state index in [1.807, 2.05) is 19.1 Å². The molecule has 6 heteroatoms. The molecule has 1 amide bonds. The summed E-state index contributed by atoms with van der Waals surface area (Å²) >= 11 is 0. The van der Waals surface area contributed by atoms with E-state index in [1.165, 1.54) is 0 Å². The zero-order valence-corrected chi connectivity index (χ0v) is 14.7. The minimum absolute atomic E-state index is 0.158. The van der Waals surface area contributed by atoms with Gasteiger partial charge in [0.1, 0.15) is 12.4 Å². The Kier molecular flexibility index (Phi) is 5.51. The molecule has 0 bridgehead atoms. The van der Waals surface area contributed by atoms with Gasteiger partial charge in [-0.1, -0.05) is 19.1 Å². The number of aromatic nitrogens is 1. The van der Waals surface area contributed by atoms with Crippen molar-refractivity contribution >= 4 is 11.9 Å². The van der Waals surface area contributed by atoms with Crippen LogP contribution in [-0.4, -0.2) is 40.0 Å². The Morgan fingerprint density at radius 3 is 2.85 bits per heavy atom. The maximum atomic E-state index is 12.8. The van der Waals surface area contributed by atoms with Gasteiger partial charge in [0.15, 0.2) is 0 Å². The van der Waals surface area contributed by atoms with Crippen LogP contribution in [0, 0.1) is 11.8 Å². The molecule has 1 fully saturated rings. The van der Waals surface area contributed by atoms with E-state index in [0.717, 1.165) is 5.56 Å². The molecule has 1 aromatic carbocycles. The Morgan fingerprint density at radius 2 is 2.12 bits per heavy atom. The molecule has 2 heterocycles. The first-order valence-corrected chi connectivity index (χ1v) is 8.67. The summed E-state index contributed by atoms with van der Waals surface area (Å²) in [6, 6.07) is 10.8. The van der Waals surface area contributed by atoms with Crippen LogP contribution in [0.4, 0.5) is 0 Å². The molecule has 3 rings (SSSR count). The van der Waals surface area contributed by atoms with Crippen molar-refractivity contribution in [2.45, 2.75) is 20.0 Å². The highest BCUT2D eigenvalue weighted by Crippen LogP contribution is 2.24. The molecule has 1 saturated heterocycles. The van der Waals surface area contributed by atoms with Gasteiger partial charge in [-0.25, -0.2) is 0 Å². The van der Waals surface area contributed by atoms with Gasteiger partial charge in [0.05, 0.1) is 5.92 Å². The van der Waals surface area contributed by atoms with Crippen molar-refractivity contribution in [1.82, 2.24) is 9.88 Å². The van der Waals surface area contributed by atoms with Gasteiger partial charge in [-0.15, -0.1) is 0 Å². The topological polar surface area (TPSA) is 79.7 Å². The van der Waals surface area contributed by atoms with Gasteiger partial charge < -0.3 is 14.7 Å². The minimum Gasteiger partial charge on any atom is -0.489 e. The number of piperidine rings is 1. The standard InChI is InChI=1S/C20H22N2O4/c1-14-8-17(20(24)25)12-22(11-14)19(23)16-5-2-6-18(9-16)26-13-15-4-3-7-21-10-15/h2-7,9-10,14,17H,8,11-13H2,1H3,(H,24,25). The first-order valence-electron chi connectivity index (χ1n) is 8.67. The normalized spacial score (nSPS) is 19.8. The average Bonchev–Trinajstić information content (AvgIpc) is 2.66. The van der Waals surface area contributed by atoms with Crippen molar-refractivity contribution < 1.29 is 19.4 Å². The lowest BCUT2D eigenvalue weighted by atomic mass is 9.90. The van der Waals surface area contributed by atoms with Crippen molar-refractivity contribution in [2.75, 3.05) is 13.1 Å². The number of carboxylic acids is 1. The number of carbonyl (C=O) groups excluding carboxylic acids is 1. The van der Waals surface area contributed by atoms with E-state index in [2.05, 4.69) is 4.98 Å². The Hall–Kier alpha value is -2.89. The molecule has 0 saturated carbocycles. The first-order chi connectivity index (χ1) is 12.5. The number of hydrogen-bond donors (Lipinski definition) is 1. The zero-order chi connectivity index (χ0) is 18.5. The minimum atomic E-state index is -0.845. The van der Waals surface area contributed by atoms with E-state index in [-0.39, 0.29) is 18.4 Å². The Morgan fingerprint density at radius 1 is 1.27 bits per heavy atom. The van der Waals surface area contributed by atoms with E-state index in [4.69, 9.17) is 4.74 Å². The number of nitrogens with zero attached hydrogens (tertiary/aromatic N) is 2. The summed E-state index contributed by atoms with van der Waals surface area (Å²) in [4.78, 5) is 29.8. The Balaban J connectivity index is 1.68. The van der Waals surface area contributed by atoms with Crippen molar-refractivity contribution in [3.8, 4) is 5.75 Å². The van der Waals surface area contributed by atoms with Crippen LogP contribution in [0.25, 0.3) is 0 Å². The molecular formula is C20H22N2O4. The number of benzene rings is 1. The van der Waals surface area contributed by atoms with Gasteiger partial charge >= 0.3 is 5.97 Å². The molecular weight excluding hydrogens is 332 g/mol. The third-order valence-corrected chi connectivity index (χ3v) is 4.51. The van der Waals surface area contributed by atoms with Gasteiger partial charge in [0.25, 0.3) is 5.91 Å². The van der Waals surface area contributed by atoms with Gasteiger partial charge in [0, 0.05) is 36.6 Å². The molecule has 1 aromatic heterocycles. The fraction of sp³-hybridized carbons (Fsp3) is 0.350. The predicted octanol–water partition coefficient (Wildman–Crippen LogP) is 2.84. The zero-order valence-electron chi connectivity index (χ0n) is 14.7. The number of hydrogen-bond acceptors (Lipinski definition) is 4. The number of ether oxygens (including phenoxy) is 1. The quantitative estimate of drug-likeness (QED) is 0.893. The maximum absolute atomic E-state index is 12.8. The van der Waals surface area contributed by atoms with E-state index >= 15 is 0 Å². The second-order valence-electron chi connectivity index (χ2n) is 6.76. The number of carbonyl (C=O) groups is 2. The molecule has 2 unspecified atom stereocenters. The molecule has 0 aliphatic carbocycles. The number of pyridine rings is 1. The SMILES string of the molecule is CC1CC(C(=O)O)CN(C(=O)c2cccc(OCc3cccnc3)c2)C1. The lowest BCUT2D eigenvalue weighted by Gasteiger charge is -2.34. The van der Waals surface area contributed by atoms with Crippen LogP contribution in [0.2, 0.25) is 0 Å². The third kappa shape index (κ3) is 4.39. The van der Waals surface area contributed by atoms with Crippen LogP contribution in [0.5, 0.6) is 5.75 Å². The number of rotatable bonds is 5. The molecule has 0 radical (unpaired) electrons. The first kappa shape index (κ1) is 17.9. The third-order valence-electron chi connectivity index (χ3n) is 4.51. The van der Waals surface area contributed by atoms with E-state index in [1.54, 1.807) is 41.6 Å². The molecule has 2 aromatic rings. The second kappa shape index (κ2) is 7.99.